The second-order valence-electron chi connectivity index (χ2n) is 4.98. The van der Waals surface area contributed by atoms with Crippen molar-refractivity contribution in [3.63, 3.8) is 0 Å². The molecule has 5 heteroatoms. The fourth-order valence-electron chi connectivity index (χ4n) is 2.30. The molecule has 2 N–H and O–H groups in total. The van der Waals surface area contributed by atoms with Crippen LogP contribution in [-0.2, 0) is 4.79 Å². The van der Waals surface area contributed by atoms with Gasteiger partial charge in [-0.05, 0) is 53.9 Å². The Morgan fingerprint density at radius 2 is 2.11 bits per heavy atom. The molecule has 0 saturated heterocycles. The predicted octanol–water partition coefficient (Wildman–Crippen LogP) is 3.96. The Hall–Kier alpha value is -0.740. The highest BCUT2D eigenvalue weighted by molar-refractivity contribution is 9.10. The number of halogens is 2. The summed E-state index contributed by atoms with van der Waals surface area (Å²) < 4.78 is 0.862. The van der Waals surface area contributed by atoms with Gasteiger partial charge in [-0.3, -0.25) is 4.79 Å². The molecule has 104 valence electrons. The third kappa shape index (κ3) is 4.11. The van der Waals surface area contributed by atoms with E-state index in [2.05, 4.69) is 26.6 Å². The average Bonchev–Trinajstić information content (AvgIpc) is 2.85. The normalized spacial score (nSPS) is 17.2. The Bertz CT molecular complexity index is 461. The van der Waals surface area contributed by atoms with Crippen molar-refractivity contribution in [3.05, 3.63) is 27.7 Å². The van der Waals surface area contributed by atoms with Gasteiger partial charge in [0.25, 0.3) is 0 Å². The quantitative estimate of drug-likeness (QED) is 0.867. The lowest BCUT2D eigenvalue weighted by atomic mass is 10.2. The maximum Gasteiger partial charge on any atom is 0.242 e. The van der Waals surface area contributed by atoms with Gasteiger partial charge in [-0.2, -0.15) is 0 Å². The van der Waals surface area contributed by atoms with E-state index in [9.17, 15) is 4.79 Å². The fourth-order valence-corrected chi connectivity index (χ4v) is 3.10. The maximum absolute atomic E-state index is 12.1. The molecule has 1 aromatic carbocycles. The maximum atomic E-state index is 12.1. The van der Waals surface area contributed by atoms with Crippen LogP contribution in [0.15, 0.2) is 22.7 Å². The van der Waals surface area contributed by atoms with Gasteiger partial charge < -0.3 is 10.6 Å². The Balaban J connectivity index is 1.92. The molecule has 1 amide bonds. The third-order valence-electron chi connectivity index (χ3n) is 3.40. The molecule has 0 aromatic heterocycles. The highest BCUT2D eigenvalue weighted by Gasteiger charge is 2.20. The topological polar surface area (TPSA) is 41.1 Å². The van der Waals surface area contributed by atoms with Crippen molar-refractivity contribution in [1.82, 2.24) is 5.32 Å². The van der Waals surface area contributed by atoms with E-state index in [1.807, 2.05) is 19.1 Å². The van der Waals surface area contributed by atoms with E-state index in [1.165, 1.54) is 12.8 Å². The van der Waals surface area contributed by atoms with Crippen LogP contribution >= 0.6 is 27.5 Å². The molecule has 1 aliphatic carbocycles. The number of anilines is 1. The summed E-state index contributed by atoms with van der Waals surface area (Å²) in [5, 5.41) is 6.95. The first-order valence-corrected chi connectivity index (χ1v) is 7.75. The molecule has 1 atom stereocenters. The molecule has 0 bridgehead atoms. The summed E-state index contributed by atoms with van der Waals surface area (Å²) >= 11 is 9.33. The molecule has 0 aliphatic heterocycles. The van der Waals surface area contributed by atoms with Crippen molar-refractivity contribution < 1.29 is 4.79 Å². The van der Waals surface area contributed by atoms with E-state index in [0.717, 1.165) is 23.0 Å². The summed E-state index contributed by atoms with van der Waals surface area (Å²) in [6.07, 6.45) is 4.64. The average molecular weight is 346 g/mol. The summed E-state index contributed by atoms with van der Waals surface area (Å²) in [4.78, 5) is 12.1. The lowest BCUT2D eigenvalue weighted by Crippen LogP contribution is -2.42. The van der Waals surface area contributed by atoms with Gasteiger partial charge in [0, 0.05) is 21.2 Å². The lowest BCUT2D eigenvalue weighted by Gasteiger charge is -2.19. The standard InChI is InChI=1S/C14H18BrClN2O/c1-9(14(19)18-11-4-2-3-5-11)17-13-7-6-10(16)8-12(13)15/h6-9,11,17H,2-5H2,1H3,(H,18,19). The van der Waals surface area contributed by atoms with Crippen LogP contribution in [0.2, 0.25) is 5.02 Å². The molecule has 1 aliphatic rings. The van der Waals surface area contributed by atoms with Crippen LogP contribution in [0.5, 0.6) is 0 Å². The van der Waals surface area contributed by atoms with Gasteiger partial charge in [0.2, 0.25) is 5.91 Å². The number of carbonyl (C=O) groups is 1. The first-order valence-electron chi connectivity index (χ1n) is 6.58. The van der Waals surface area contributed by atoms with E-state index < -0.39 is 0 Å². The highest BCUT2D eigenvalue weighted by Crippen LogP contribution is 2.26. The second-order valence-corrected chi connectivity index (χ2v) is 6.27. The molecule has 2 rings (SSSR count). The van der Waals surface area contributed by atoms with E-state index in [4.69, 9.17) is 11.6 Å². The van der Waals surface area contributed by atoms with Gasteiger partial charge in [-0.1, -0.05) is 24.4 Å². The molecule has 0 radical (unpaired) electrons. The van der Waals surface area contributed by atoms with Crippen molar-refractivity contribution in [2.75, 3.05) is 5.32 Å². The fraction of sp³-hybridized carbons (Fsp3) is 0.500. The smallest absolute Gasteiger partial charge is 0.242 e. The molecule has 1 saturated carbocycles. The van der Waals surface area contributed by atoms with Crippen molar-refractivity contribution in [2.45, 2.75) is 44.7 Å². The van der Waals surface area contributed by atoms with Crippen LogP contribution in [0.1, 0.15) is 32.6 Å². The second kappa shape index (κ2) is 6.62. The number of amides is 1. The van der Waals surface area contributed by atoms with Crippen molar-refractivity contribution in [1.29, 1.82) is 0 Å². The summed E-state index contributed by atoms with van der Waals surface area (Å²) in [6.45, 7) is 1.87. The lowest BCUT2D eigenvalue weighted by molar-refractivity contribution is -0.122. The summed E-state index contributed by atoms with van der Waals surface area (Å²) in [5.74, 6) is 0.0498. The molecule has 1 fully saturated rings. The van der Waals surface area contributed by atoms with Gasteiger partial charge in [-0.25, -0.2) is 0 Å². The molecule has 19 heavy (non-hydrogen) atoms. The van der Waals surface area contributed by atoms with Gasteiger partial charge in [-0.15, -0.1) is 0 Å². The van der Waals surface area contributed by atoms with Gasteiger partial charge in [0.15, 0.2) is 0 Å². The number of carbonyl (C=O) groups excluding carboxylic acids is 1. The Morgan fingerprint density at radius 3 is 2.74 bits per heavy atom. The van der Waals surface area contributed by atoms with Crippen molar-refractivity contribution in [3.8, 4) is 0 Å². The van der Waals surface area contributed by atoms with Crippen LogP contribution < -0.4 is 10.6 Å². The van der Waals surface area contributed by atoms with Crippen LogP contribution in [-0.4, -0.2) is 18.0 Å². The third-order valence-corrected chi connectivity index (χ3v) is 4.29. The van der Waals surface area contributed by atoms with Crippen LogP contribution in [0.3, 0.4) is 0 Å². The minimum Gasteiger partial charge on any atom is -0.373 e. The van der Waals surface area contributed by atoms with Crippen molar-refractivity contribution >= 4 is 39.1 Å². The molecule has 0 spiro atoms. The zero-order valence-corrected chi connectivity index (χ0v) is 13.2. The van der Waals surface area contributed by atoms with Gasteiger partial charge >= 0.3 is 0 Å². The highest BCUT2D eigenvalue weighted by atomic mass is 79.9. The Kier molecular flexibility index (Phi) is 5.11. The van der Waals surface area contributed by atoms with E-state index >= 15 is 0 Å². The number of hydrogen-bond acceptors (Lipinski definition) is 2. The first-order chi connectivity index (χ1) is 9.06. The molecular formula is C14H18BrClN2O. The molecular weight excluding hydrogens is 328 g/mol. The zero-order valence-electron chi connectivity index (χ0n) is 10.9. The molecule has 0 heterocycles. The monoisotopic (exact) mass is 344 g/mol. The predicted molar refractivity (Wildman–Crippen MR) is 82.6 cm³/mol. The van der Waals surface area contributed by atoms with Crippen LogP contribution in [0.4, 0.5) is 5.69 Å². The van der Waals surface area contributed by atoms with Gasteiger partial charge in [0.05, 0.1) is 0 Å². The Labute approximate surface area is 127 Å². The molecule has 3 nitrogen and oxygen atoms in total. The zero-order chi connectivity index (χ0) is 13.8. The SMILES string of the molecule is CC(Nc1ccc(Cl)cc1Br)C(=O)NC1CCCC1. The Morgan fingerprint density at radius 1 is 1.42 bits per heavy atom. The minimum absolute atomic E-state index is 0.0498. The number of hydrogen-bond donors (Lipinski definition) is 2. The number of nitrogens with one attached hydrogen (secondary N) is 2. The van der Waals surface area contributed by atoms with Crippen molar-refractivity contribution in [2.24, 2.45) is 0 Å². The minimum atomic E-state index is -0.266. The summed E-state index contributed by atoms with van der Waals surface area (Å²) in [6, 6.07) is 5.57. The molecule has 1 aromatic rings. The summed E-state index contributed by atoms with van der Waals surface area (Å²) in [7, 11) is 0. The van der Waals surface area contributed by atoms with E-state index in [-0.39, 0.29) is 11.9 Å². The largest absolute Gasteiger partial charge is 0.373 e. The first kappa shape index (κ1) is 14.7. The summed E-state index contributed by atoms with van der Waals surface area (Å²) in [5.41, 5.74) is 0.874. The van der Waals surface area contributed by atoms with Gasteiger partial charge in [0.1, 0.15) is 6.04 Å². The molecule has 1 unspecified atom stereocenters. The van der Waals surface area contributed by atoms with Crippen LogP contribution in [0, 0.1) is 0 Å². The van der Waals surface area contributed by atoms with E-state index in [1.54, 1.807) is 6.07 Å². The number of benzene rings is 1. The van der Waals surface area contributed by atoms with E-state index in [0.29, 0.717) is 11.1 Å². The van der Waals surface area contributed by atoms with Crippen LogP contribution in [0.25, 0.3) is 0 Å². The number of rotatable bonds is 4.